The van der Waals surface area contributed by atoms with Gasteiger partial charge in [-0.3, -0.25) is 4.79 Å². The summed E-state index contributed by atoms with van der Waals surface area (Å²) in [6.07, 6.45) is 1.47. The topological polar surface area (TPSA) is 43.4 Å². The van der Waals surface area contributed by atoms with Crippen LogP contribution in [-0.4, -0.2) is 29.9 Å². The number of rotatable bonds is 4. The largest absolute Gasteiger partial charge is 0.462 e. The first-order chi connectivity index (χ1) is 7.70. The number of carbonyl (C=O) groups excluding carboxylic acids is 2. The van der Waals surface area contributed by atoms with Crippen molar-refractivity contribution in [3.8, 4) is 0 Å². The van der Waals surface area contributed by atoms with Gasteiger partial charge in [0.2, 0.25) is 0 Å². The fourth-order valence-electron chi connectivity index (χ4n) is 1.27. The van der Waals surface area contributed by atoms with Gasteiger partial charge in [0.05, 0.1) is 10.8 Å². The fraction of sp³-hybridized carbons (Fsp3) is 0.636. The average Bonchev–Trinajstić information content (AvgIpc) is 2.31. The Kier molecular flexibility index (Phi) is 5.98. The summed E-state index contributed by atoms with van der Waals surface area (Å²) in [6, 6.07) is 0. The number of esters is 1. The lowest BCUT2D eigenvalue weighted by molar-refractivity contribution is -0.140. The highest BCUT2D eigenvalue weighted by atomic mass is 32.2. The molecule has 0 aromatic heterocycles. The highest BCUT2D eigenvalue weighted by Gasteiger charge is 2.25. The molecule has 0 saturated carbocycles. The molecule has 1 aliphatic heterocycles. The second kappa shape index (κ2) is 7.01. The van der Waals surface area contributed by atoms with E-state index in [2.05, 4.69) is 0 Å². The summed E-state index contributed by atoms with van der Waals surface area (Å²) < 4.78 is 5.78. The number of ketones is 1. The zero-order valence-corrected chi connectivity index (χ0v) is 11.2. The Labute approximate surface area is 104 Å². The number of hydrogen-bond acceptors (Lipinski definition) is 5. The van der Waals surface area contributed by atoms with Gasteiger partial charge in [0.1, 0.15) is 5.57 Å². The minimum Gasteiger partial charge on any atom is -0.462 e. The molecule has 0 radical (unpaired) electrons. The predicted octanol–water partition coefficient (Wildman–Crippen LogP) is 2.61. The highest BCUT2D eigenvalue weighted by molar-refractivity contribution is 8.22. The molecule has 0 spiro atoms. The smallest absolute Gasteiger partial charge is 0.343 e. The Morgan fingerprint density at radius 1 is 1.25 bits per heavy atom. The van der Waals surface area contributed by atoms with E-state index >= 15 is 0 Å². The van der Waals surface area contributed by atoms with Crippen molar-refractivity contribution in [2.45, 2.75) is 26.7 Å². The molecule has 1 saturated heterocycles. The van der Waals surface area contributed by atoms with Crippen molar-refractivity contribution < 1.29 is 14.3 Å². The summed E-state index contributed by atoms with van der Waals surface area (Å²) in [5.74, 6) is 1.37. The normalized spacial score (nSPS) is 15.8. The number of thioether (sulfide) groups is 2. The van der Waals surface area contributed by atoms with Crippen LogP contribution >= 0.6 is 23.5 Å². The predicted molar refractivity (Wildman–Crippen MR) is 68.5 cm³/mol. The van der Waals surface area contributed by atoms with E-state index in [0.717, 1.165) is 22.2 Å². The third-order valence-electron chi connectivity index (χ3n) is 2.04. The molecule has 1 aliphatic rings. The first-order valence-corrected chi connectivity index (χ1v) is 7.38. The van der Waals surface area contributed by atoms with Crippen LogP contribution in [0.2, 0.25) is 0 Å². The van der Waals surface area contributed by atoms with Crippen LogP contribution in [0.5, 0.6) is 0 Å². The van der Waals surface area contributed by atoms with Crippen LogP contribution in [0.25, 0.3) is 0 Å². The van der Waals surface area contributed by atoms with Crippen molar-refractivity contribution >= 4 is 35.3 Å². The lowest BCUT2D eigenvalue weighted by Gasteiger charge is -2.16. The molecule has 0 amide bonds. The summed E-state index contributed by atoms with van der Waals surface area (Å²) in [4.78, 5) is 23.5. The molecule has 1 heterocycles. The number of hydrogen-bond donors (Lipinski definition) is 0. The van der Waals surface area contributed by atoms with Crippen LogP contribution in [0.3, 0.4) is 0 Å². The van der Waals surface area contributed by atoms with Crippen molar-refractivity contribution in [3.63, 3.8) is 0 Å². The summed E-state index contributed by atoms with van der Waals surface area (Å²) >= 11 is 3.18. The molecule has 1 rings (SSSR count). The monoisotopic (exact) mass is 260 g/mol. The lowest BCUT2D eigenvalue weighted by atomic mass is 10.1. The molecular weight excluding hydrogens is 244 g/mol. The van der Waals surface area contributed by atoms with Gasteiger partial charge >= 0.3 is 5.97 Å². The van der Waals surface area contributed by atoms with Crippen molar-refractivity contribution in [2.24, 2.45) is 0 Å². The van der Waals surface area contributed by atoms with E-state index in [1.54, 1.807) is 37.4 Å². The molecule has 3 nitrogen and oxygen atoms in total. The molecule has 0 aromatic carbocycles. The van der Waals surface area contributed by atoms with Crippen molar-refractivity contribution in [1.82, 2.24) is 0 Å². The second-order valence-corrected chi connectivity index (χ2v) is 5.68. The van der Waals surface area contributed by atoms with Crippen molar-refractivity contribution in [2.75, 3.05) is 18.1 Å². The van der Waals surface area contributed by atoms with E-state index in [4.69, 9.17) is 4.74 Å². The summed E-state index contributed by atoms with van der Waals surface area (Å²) in [6.45, 7) is 3.82. The van der Waals surface area contributed by atoms with Gasteiger partial charge < -0.3 is 4.74 Å². The van der Waals surface area contributed by atoms with Gasteiger partial charge in [0.15, 0.2) is 5.78 Å². The molecule has 1 fully saturated rings. The molecule has 0 aromatic rings. The Morgan fingerprint density at radius 2 is 1.88 bits per heavy atom. The maximum Gasteiger partial charge on any atom is 0.343 e. The van der Waals surface area contributed by atoms with Gasteiger partial charge in [-0.2, -0.15) is 0 Å². The zero-order valence-electron chi connectivity index (χ0n) is 9.58. The molecule has 0 unspecified atom stereocenters. The van der Waals surface area contributed by atoms with E-state index in [1.165, 1.54) is 0 Å². The number of carbonyl (C=O) groups is 2. The van der Waals surface area contributed by atoms with Crippen molar-refractivity contribution in [3.05, 3.63) is 9.81 Å². The minimum atomic E-state index is -0.466. The van der Waals surface area contributed by atoms with Crippen LogP contribution in [0, 0.1) is 0 Å². The van der Waals surface area contributed by atoms with Gasteiger partial charge in [0, 0.05) is 6.42 Å². The van der Waals surface area contributed by atoms with E-state index in [-0.39, 0.29) is 11.4 Å². The minimum absolute atomic E-state index is 0.115. The third-order valence-corrected chi connectivity index (χ3v) is 4.66. The molecule has 90 valence electrons. The summed E-state index contributed by atoms with van der Waals surface area (Å²) in [5.41, 5.74) is 0.263. The molecule has 0 N–H and O–H groups in total. The molecule has 0 aliphatic carbocycles. The number of ether oxygens (including phenoxy) is 1. The quantitative estimate of drug-likeness (QED) is 0.336. The van der Waals surface area contributed by atoms with Gasteiger partial charge in [-0.1, -0.05) is 6.92 Å². The van der Waals surface area contributed by atoms with Crippen LogP contribution in [0.4, 0.5) is 0 Å². The Hall–Kier alpha value is -0.420. The van der Waals surface area contributed by atoms with E-state index < -0.39 is 5.97 Å². The summed E-state index contributed by atoms with van der Waals surface area (Å²) in [5, 5.41) is 0. The number of Topliss-reactive ketones (excluding diaryl/α,β-unsaturated/α-hetero) is 1. The Bertz CT molecular complexity index is 302. The fourth-order valence-corrected chi connectivity index (χ4v) is 3.91. The molecule has 16 heavy (non-hydrogen) atoms. The van der Waals surface area contributed by atoms with Gasteiger partial charge in [0.25, 0.3) is 0 Å². The SMILES string of the molecule is CCOC(=O)C(C(=O)CC)=C1SCCCS1. The zero-order chi connectivity index (χ0) is 12.0. The molecule has 5 heteroatoms. The molecule has 0 atom stereocenters. The Morgan fingerprint density at radius 3 is 2.38 bits per heavy atom. The third kappa shape index (κ3) is 3.56. The first-order valence-electron chi connectivity index (χ1n) is 5.40. The lowest BCUT2D eigenvalue weighted by Crippen LogP contribution is -2.17. The average molecular weight is 260 g/mol. The van der Waals surface area contributed by atoms with Gasteiger partial charge in [-0.05, 0) is 24.9 Å². The van der Waals surface area contributed by atoms with Gasteiger partial charge in [-0.25, -0.2) is 4.79 Å². The van der Waals surface area contributed by atoms with Crippen LogP contribution in [0.1, 0.15) is 26.7 Å². The van der Waals surface area contributed by atoms with E-state index in [0.29, 0.717) is 13.0 Å². The van der Waals surface area contributed by atoms with Crippen LogP contribution in [-0.2, 0) is 14.3 Å². The van der Waals surface area contributed by atoms with E-state index in [9.17, 15) is 9.59 Å². The molecule has 0 bridgehead atoms. The van der Waals surface area contributed by atoms with Crippen LogP contribution in [0.15, 0.2) is 9.81 Å². The first kappa shape index (κ1) is 13.6. The maximum absolute atomic E-state index is 11.7. The van der Waals surface area contributed by atoms with E-state index in [1.807, 2.05) is 0 Å². The second-order valence-electron chi connectivity index (χ2n) is 3.21. The van der Waals surface area contributed by atoms with Crippen molar-refractivity contribution in [1.29, 1.82) is 0 Å². The standard InChI is InChI=1S/C11H16O3S2/c1-3-8(12)9(10(13)14-4-2)11-15-6-5-7-16-11/h3-7H2,1-2H3. The molecular formula is C11H16O3S2. The Balaban J connectivity index is 2.92. The maximum atomic E-state index is 11.7. The summed E-state index contributed by atoms with van der Waals surface area (Å²) in [7, 11) is 0. The highest BCUT2D eigenvalue weighted by Crippen LogP contribution is 2.37. The van der Waals surface area contributed by atoms with Crippen LogP contribution < -0.4 is 0 Å². The van der Waals surface area contributed by atoms with Gasteiger partial charge in [-0.15, -0.1) is 23.5 Å².